The van der Waals surface area contributed by atoms with Crippen molar-refractivity contribution in [2.45, 2.75) is 44.2 Å². The molecule has 0 aromatic heterocycles. The molecule has 1 aliphatic rings. The number of hydrogen-bond acceptors (Lipinski definition) is 5. The van der Waals surface area contributed by atoms with E-state index in [4.69, 9.17) is 10.8 Å². The average Bonchev–Trinajstić information content (AvgIpc) is 2.80. The zero-order chi connectivity index (χ0) is 14.4. The van der Waals surface area contributed by atoms with E-state index in [0.29, 0.717) is 12.8 Å². The normalized spacial score (nSPS) is 23.7. The molecule has 0 aromatic carbocycles. The molecular weight excluding hydrogens is 252 g/mol. The molecule has 3 atom stereocenters. The summed E-state index contributed by atoms with van der Waals surface area (Å²) in [4.78, 5) is 33.9. The minimum atomic E-state index is -1.15. The number of carboxylic acid groups (broad SMARTS) is 1. The molecule has 4 N–H and O–H groups in total. The lowest BCUT2D eigenvalue weighted by Crippen LogP contribution is -2.43. The average molecular weight is 272 g/mol. The maximum absolute atomic E-state index is 11.9. The SMILES string of the molecule is COC(=O)CCC(NC(=O)C1CCC(N)C1)C(=O)O. The Balaban J connectivity index is 2.46. The number of nitrogens with two attached hydrogens (primary N) is 1. The van der Waals surface area contributed by atoms with Crippen LogP contribution in [-0.4, -0.2) is 42.1 Å². The second kappa shape index (κ2) is 7.08. The van der Waals surface area contributed by atoms with Crippen LogP contribution < -0.4 is 11.1 Å². The van der Waals surface area contributed by atoms with Crippen molar-refractivity contribution in [3.05, 3.63) is 0 Å². The minimum absolute atomic E-state index is 0.00842. The van der Waals surface area contributed by atoms with Crippen LogP contribution in [-0.2, 0) is 19.1 Å². The number of carbonyl (C=O) groups is 3. The van der Waals surface area contributed by atoms with Gasteiger partial charge in [-0.05, 0) is 25.7 Å². The summed E-state index contributed by atoms with van der Waals surface area (Å²) < 4.78 is 4.44. The summed E-state index contributed by atoms with van der Waals surface area (Å²) >= 11 is 0. The Morgan fingerprint density at radius 2 is 2.11 bits per heavy atom. The standard InChI is InChI=1S/C12H20N2O5/c1-19-10(15)5-4-9(12(17)18)14-11(16)7-2-3-8(13)6-7/h7-9H,2-6,13H2,1H3,(H,14,16)(H,17,18). The van der Waals surface area contributed by atoms with E-state index in [2.05, 4.69) is 10.1 Å². The van der Waals surface area contributed by atoms with Crippen molar-refractivity contribution in [1.29, 1.82) is 0 Å². The Morgan fingerprint density at radius 1 is 1.42 bits per heavy atom. The van der Waals surface area contributed by atoms with Crippen LogP contribution in [0.4, 0.5) is 0 Å². The summed E-state index contributed by atoms with van der Waals surface area (Å²) in [5.74, 6) is -2.18. The lowest BCUT2D eigenvalue weighted by atomic mass is 10.1. The van der Waals surface area contributed by atoms with Gasteiger partial charge >= 0.3 is 11.9 Å². The number of aliphatic carboxylic acids is 1. The molecule has 0 radical (unpaired) electrons. The number of carbonyl (C=O) groups excluding carboxylic acids is 2. The lowest BCUT2D eigenvalue weighted by molar-refractivity contribution is -0.144. The Morgan fingerprint density at radius 3 is 2.58 bits per heavy atom. The quantitative estimate of drug-likeness (QED) is 0.568. The van der Waals surface area contributed by atoms with Crippen molar-refractivity contribution in [3.63, 3.8) is 0 Å². The van der Waals surface area contributed by atoms with Crippen LogP contribution in [0.5, 0.6) is 0 Å². The van der Waals surface area contributed by atoms with Crippen LogP contribution in [0.1, 0.15) is 32.1 Å². The molecule has 1 saturated carbocycles. The van der Waals surface area contributed by atoms with Crippen molar-refractivity contribution < 1.29 is 24.2 Å². The zero-order valence-electron chi connectivity index (χ0n) is 10.9. The van der Waals surface area contributed by atoms with E-state index >= 15 is 0 Å². The van der Waals surface area contributed by atoms with E-state index in [1.165, 1.54) is 7.11 Å². The third kappa shape index (κ3) is 4.86. The molecule has 7 heteroatoms. The van der Waals surface area contributed by atoms with E-state index in [-0.39, 0.29) is 30.7 Å². The molecule has 0 saturated heterocycles. The van der Waals surface area contributed by atoms with Gasteiger partial charge in [0.1, 0.15) is 6.04 Å². The molecule has 1 aliphatic carbocycles. The van der Waals surface area contributed by atoms with E-state index in [1.54, 1.807) is 0 Å². The highest BCUT2D eigenvalue weighted by Crippen LogP contribution is 2.24. The van der Waals surface area contributed by atoms with Crippen LogP contribution in [0.15, 0.2) is 0 Å². The Bertz CT molecular complexity index is 358. The van der Waals surface area contributed by atoms with Crippen molar-refractivity contribution in [1.82, 2.24) is 5.32 Å². The van der Waals surface area contributed by atoms with Crippen LogP contribution in [0.3, 0.4) is 0 Å². The molecule has 7 nitrogen and oxygen atoms in total. The summed E-state index contributed by atoms with van der Waals surface area (Å²) in [7, 11) is 1.23. The van der Waals surface area contributed by atoms with Gasteiger partial charge in [0.15, 0.2) is 0 Å². The summed E-state index contributed by atoms with van der Waals surface area (Å²) in [6.45, 7) is 0. The van der Waals surface area contributed by atoms with Gasteiger partial charge in [-0.3, -0.25) is 9.59 Å². The van der Waals surface area contributed by atoms with Crippen molar-refractivity contribution in [3.8, 4) is 0 Å². The third-order valence-electron chi connectivity index (χ3n) is 3.32. The number of ether oxygens (including phenoxy) is 1. The molecule has 0 aliphatic heterocycles. The molecular formula is C12H20N2O5. The fourth-order valence-corrected chi connectivity index (χ4v) is 2.17. The van der Waals surface area contributed by atoms with Crippen molar-refractivity contribution >= 4 is 17.8 Å². The molecule has 1 fully saturated rings. The first-order valence-corrected chi connectivity index (χ1v) is 6.29. The van der Waals surface area contributed by atoms with E-state index < -0.39 is 18.0 Å². The fraction of sp³-hybridized carbons (Fsp3) is 0.750. The van der Waals surface area contributed by atoms with Crippen LogP contribution in [0.25, 0.3) is 0 Å². The second-order valence-electron chi connectivity index (χ2n) is 4.78. The predicted octanol–water partition coefficient (Wildman–Crippen LogP) is -0.364. The van der Waals surface area contributed by atoms with Gasteiger partial charge in [-0.25, -0.2) is 4.79 Å². The lowest BCUT2D eigenvalue weighted by Gasteiger charge is -2.17. The third-order valence-corrected chi connectivity index (χ3v) is 3.32. The summed E-state index contributed by atoms with van der Waals surface area (Å²) in [6, 6.07) is -1.06. The molecule has 0 heterocycles. The number of nitrogens with one attached hydrogen (secondary N) is 1. The molecule has 1 rings (SSSR count). The van der Waals surface area contributed by atoms with Gasteiger partial charge in [0.25, 0.3) is 0 Å². The molecule has 19 heavy (non-hydrogen) atoms. The van der Waals surface area contributed by atoms with Gasteiger partial charge in [0, 0.05) is 18.4 Å². The Hall–Kier alpha value is -1.63. The van der Waals surface area contributed by atoms with Gasteiger partial charge in [0.2, 0.25) is 5.91 Å². The first-order chi connectivity index (χ1) is 8.93. The topological polar surface area (TPSA) is 119 Å². The van der Waals surface area contributed by atoms with E-state index in [1.807, 2.05) is 0 Å². The summed E-state index contributed by atoms with van der Waals surface area (Å²) in [5.41, 5.74) is 5.71. The van der Waals surface area contributed by atoms with Crippen molar-refractivity contribution in [2.24, 2.45) is 11.7 Å². The number of rotatable bonds is 6. The first-order valence-electron chi connectivity index (χ1n) is 6.29. The van der Waals surface area contributed by atoms with E-state index in [9.17, 15) is 14.4 Å². The van der Waals surface area contributed by atoms with Crippen molar-refractivity contribution in [2.75, 3.05) is 7.11 Å². The number of hydrogen-bond donors (Lipinski definition) is 3. The summed E-state index contributed by atoms with van der Waals surface area (Å²) in [5, 5.41) is 11.5. The smallest absolute Gasteiger partial charge is 0.326 e. The van der Waals surface area contributed by atoms with E-state index in [0.717, 1.165) is 6.42 Å². The maximum atomic E-state index is 11.9. The van der Waals surface area contributed by atoms with Gasteiger partial charge in [0.05, 0.1) is 7.11 Å². The first kappa shape index (κ1) is 15.4. The molecule has 108 valence electrons. The van der Waals surface area contributed by atoms with Crippen LogP contribution >= 0.6 is 0 Å². The highest BCUT2D eigenvalue weighted by Gasteiger charge is 2.30. The monoisotopic (exact) mass is 272 g/mol. The van der Waals surface area contributed by atoms with Gasteiger partial charge in [-0.2, -0.15) is 0 Å². The Kier molecular flexibility index (Phi) is 5.75. The molecule has 0 spiro atoms. The predicted molar refractivity (Wildman–Crippen MR) is 66.1 cm³/mol. The largest absolute Gasteiger partial charge is 0.480 e. The molecule has 0 bridgehead atoms. The summed E-state index contributed by atoms with van der Waals surface area (Å²) in [6.07, 6.45) is 2.01. The highest BCUT2D eigenvalue weighted by molar-refractivity contribution is 5.85. The van der Waals surface area contributed by atoms with Crippen LogP contribution in [0, 0.1) is 5.92 Å². The number of esters is 1. The minimum Gasteiger partial charge on any atom is -0.480 e. The maximum Gasteiger partial charge on any atom is 0.326 e. The molecule has 3 unspecified atom stereocenters. The Labute approximate surface area is 111 Å². The number of amides is 1. The van der Waals surface area contributed by atoms with Gasteiger partial charge < -0.3 is 20.9 Å². The number of carboxylic acids is 1. The molecule has 0 aromatic rings. The van der Waals surface area contributed by atoms with Gasteiger partial charge in [-0.15, -0.1) is 0 Å². The highest BCUT2D eigenvalue weighted by atomic mass is 16.5. The van der Waals surface area contributed by atoms with Gasteiger partial charge in [-0.1, -0.05) is 0 Å². The molecule has 1 amide bonds. The number of methoxy groups -OCH3 is 1. The van der Waals surface area contributed by atoms with Crippen LogP contribution in [0.2, 0.25) is 0 Å². The zero-order valence-corrected chi connectivity index (χ0v) is 10.9. The second-order valence-corrected chi connectivity index (χ2v) is 4.78. The fourth-order valence-electron chi connectivity index (χ4n) is 2.17.